The molecule has 212 valence electrons. The van der Waals surface area contributed by atoms with Crippen molar-refractivity contribution in [3.05, 3.63) is 150 Å². The maximum Gasteiger partial charge on any atom is 0.150 e. The monoisotopic (exact) mass is 566 g/mol. The van der Waals surface area contributed by atoms with Gasteiger partial charge in [0.05, 0.1) is 24.1 Å². The highest BCUT2D eigenvalue weighted by molar-refractivity contribution is 5.79. The largest absolute Gasteiger partial charge is 0.495 e. The van der Waals surface area contributed by atoms with Crippen LogP contribution in [0, 0.1) is 0 Å². The first-order valence-corrected chi connectivity index (χ1v) is 14.0. The first-order chi connectivity index (χ1) is 21.2. The Morgan fingerprint density at radius 3 is 1.81 bits per heavy atom. The molecule has 0 atom stereocenters. The van der Waals surface area contributed by atoms with Crippen molar-refractivity contribution in [1.29, 1.82) is 0 Å². The number of aromatic nitrogens is 2. The minimum atomic E-state index is 0.408. The third kappa shape index (κ3) is 6.19. The first-order valence-electron chi connectivity index (χ1n) is 14.0. The molecule has 0 radical (unpaired) electrons. The molecule has 0 unspecified atom stereocenters. The number of carbonyl (C=O) groups excluding carboxylic acids is 1. The molecular weight excluding hydrogens is 536 g/mol. The van der Waals surface area contributed by atoms with Crippen LogP contribution >= 0.6 is 0 Å². The van der Waals surface area contributed by atoms with Crippen LogP contribution < -0.4 is 14.2 Å². The molecule has 43 heavy (non-hydrogen) atoms. The van der Waals surface area contributed by atoms with Crippen molar-refractivity contribution in [3.63, 3.8) is 0 Å². The number of para-hydroxylation sites is 2. The lowest BCUT2D eigenvalue weighted by Gasteiger charge is -2.15. The second kappa shape index (κ2) is 12.9. The van der Waals surface area contributed by atoms with Gasteiger partial charge < -0.3 is 14.2 Å². The van der Waals surface area contributed by atoms with Gasteiger partial charge in [-0.1, -0.05) is 84.9 Å². The normalized spacial score (nSPS) is 10.7. The van der Waals surface area contributed by atoms with E-state index < -0.39 is 0 Å². The maximum absolute atomic E-state index is 11.8. The van der Waals surface area contributed by atoms with E-state index in [1.807, 2.05) is 120 Å². The van der Waals surface area contributed by atoms with Crippen LogP contribution in [-0.2, 0) is 13.2 Å². The average Bonchev–Trinajstić information content (AvgIpc) is 3.52. The van der Waals surface area contributed by atoms with Crippen LogP contribution in [0.2, 0.25) is 0 Å². The molecule has 1 aromatic heterocycles. The quantitative estimate of drug-likeness (QED) is 0.148. The summed E-state index contributed by atoms with van der Waals surface area (Å²) in [4.78, 5) is 16.9. The van der Waals surface area contributed by atoms with Crippen molar-refractivity contribution < 1.29 is 19.0 Å². The van der Waals surface area contributed by atoms with Crippen LogP contribution in [0.5, 0.6) is 17.2 Å². The number of hydrogen-bond acceptors (Lipinski definition) is 5. The van der Waals surface area contributed by atoms with Crippen LogP contribution in [0.1, 0.15) is 21.5 Å². The van der Waals surface area contributed by atoms with E-state index >= 15 is 0 Å². The molecule has 0 amide bonds. The van der Waals surface area contributed by atoms with E-state index in [1.165, 1.54) is 0 Å². The lowest BCUT2D eigenvalue weighted by Crippen LogP contribution is -2.03. The molecule has 0 aliphatic carbocycles. The number of imidazole rings is 1. The highest BCUT2D eigenvalue weighted by Gasteiger charge is 2.21. The van der Waals surface area contributed by atoms with E-state index in [0.29, 0.717) is 53.2 Å². The molecule has 0 aliphatic heterocycles. The van der Waals surface area contributed by atoms with Crippen molar-refractivity contribution in [1.82, 2.24) is 9.55 Å². The van der Waals surface area contributed by atoms with E-state index in [2.05, 4.69) is 0 Å². The Hall–Kier alpha value is -5.62. The van der Waals surface area contributed by atoms with Gasteiger partial charge in [0.25, 0.3) is 0 Å². The molecule has 6 rings (SSSR count). The molecule has 0 aliphatic rings. The second-order valence-electron chi connectivity index (χ2n) is 9.91. The summed E-state index contributed by atoms with van der Waals surface area (Å²) in [5, 5.41) is 0. The van der Waals surface area contributed by atoms with Crippen LogP contribution in [0.4, 0.5) is 0 Å². The molecule has 0 saturated carbocycles. The van der Waals surface area contributed by atoms with Gasteiger partial charge in [-0.2, -0.15) is 0 Å². The molecule has 6 aromatic rings. The number of rotatable bonds is 11. The van der Waals surface area contributed by atoms with Gasteiger partial charge in [-0.25, -0.2) is 4.98 Å². The number of methoxy groups -OCH3 is 1. The fraction of sp³-hybridized carbons (Fsp3) is 0.0811. The van der Waals surface area contributed by atoms with Gasteiger partial charge in [0.15, 0.2) is 0 Å². The SMILES string of the molecule is COc1ccc(C=O)cc1-n1cc(-c2ccccc2OCc2ccccc2)nc1-c1ccccc1OCc1ccccc1. The van der Waals surface area contributed by atoms with E-state index in [9.17, 15) is 4.79 Å². The third-order valence-corrected chi connectivity index (χ3v) is 7.07. The van der Waals surface area contributed by atoms with Crippen LogP contribution in [0.15, 0.2) is 134 Å². The smallest absolute Gasteiger partial charge is 0.150 e. The Balaban J connectivity index is 1.46. The molecule has 0 fully saturated rings. The van der Waals surface area contributed by atoms with Crippen molar-refractivity contribution in [2.75, 3.05) is 7.11 Å². The van der Waals surface area contributed by atoms with E-state index in [0.717, 1.165) is 28.5 Å². The van der Waals surface area contributed by atoms with E-state index in [4.69, 9.17) is 19.2 Å². The lowest BCUT2D eigenvalue weighted by molar-refractivity contribution is 0.112. The minimum absolute atomic E-state index is 0.408. The summed E-state index contributed by atoms with van der Waals surface area (Å²) in [6.07, 6.45) is 2.77. The number of carbonyl (C=O) groups is 1. The molecule has 0 N–H and O–H groups in total. The van der Waals surface area contributed by atoms with E-state index in [1.54, 1.807) is 25.3 Å². The fourth-order valence-electron chi connectivity index (χ4n) is 4.90. The maximum atomic E-state index is 11.8. The number of ether oxygens (including phenoxy) is 3. The second-order valence-corrected chi connectivity index (χ2v) is 9.91. The average molecular weight is 567 g/mol. The molecule has 1 heterocycles. The molecule has 6 nitrogen and oxygen atoms in total. The lowest BCUT2D eigenvalue weighted by atomic mass is 10.1. The summed E-state index contributed by atoms with van der Waals surface area (Å²) in [6, 6.07) is 41.1. The van der Waals surface area contributed by atoms with Crippen molar-refractivity contribution in [2.24, 2.45) is 0 Å². The number of hydrogen-bond donors (Lipinski definition) is 0. The summed E-state index contributed by atoms with van der Waals surface area (Å²) in [6.45, 7) is 0.836. The van der Waals surface area contributed by atoms with Gasteiger partial charge in [0.2, 0.25) is 0 Å². The van der Waals surface area contributed by atoms with Crippen molar-refractivity contribution >= 4 is 6.29 Å². The molecular formula is C37H30N2O4. The zero-order valence-electron chi connectivity index (χ0n) is 23.7. The summed E-state index contributed by atoms with van der Waals surface area (Å²) in [5.74, 6) is 2.64. The van der Waals surface area contributed by atoms with Gasteiger partial charge in [0.1, 0.15) is 42.6 Å². The van der Waals surface area contributed by atoms with Crippen LogP contribution in [0.25, 0.3) is 28.3 Å². The summed E-state index contributed by atoms with van der Waals surface area (Å²) < 4.78 is 20.3. The zero-order valence-corrected chi connectivity index (χ0v) is 23.7. The predicted octanol–water partition coefficient (Wildman–Crippen LogP) is 8.19. The molecule has 5 aromatic carbocycles. The van der Waals surface area contributed by atoms with Gasteiger partial charge in [-0.05, 0) is 53.6 Å². The third-order valence-electron chi connectivity index (χ3n) is 7.07. The Morgan fingerprint density at radius 2 is 1.21 bits per heavy atom. The zero-order chi connectivity index (χ0) is 29.4. The van der Waals surface area contributed by atoms with Gasteiger partial charge in [-0.3, -0.25) is 9.36 Å². The molecule has 0 bridgehead atoms. The van der Waals surface area contributed by atoms with Crippen LogP contribution in [0.3, 0.4) is 0 Å². The molecule has 6 heteroatoms. The van der Waals surface area contributed by atoms with Crippen molar-refractivity contribution in [2.45, 2.75) is 13.2 Å². The Kier molecular flexibility index (Phi) is 8.27. The Labute approximate surface area is 250 Å². The standard InChI is InChI=1S/C37H30N2O4/c1-41-36-21-20-29(24-40)22-33(36)39-23-32(30-16-8-10-18-34(30)42-25-27-12-4-2-5-13-27)38-37(39)31-17-9-11-19-35(31)43-26-28-14-6-3-7-15-28/h2-24H,25-26H2,1H3. The Morgan fingerprint density at radius 1 is 0.651 bits per heavy atom. The summed E-state index contributed by atoms with van der Waals surface area (Å²) in [7, 11) is 1.61. The Bertz CT molecular complexity index is 1830. The van der Waals surface area contributed by atoms with E-state index in [-0.39, 0.29) is 0 Å². The van der Waals surface area contributed by atoms with Crippen molar-refractivity contribution in [3.8, 4) is 45.6 Å². The number of nitrogens with zero attached hydrogens (tertiary/aromatic N) is 2. The topological polar surface area (TPSA) is 62.6 Å². The van der Waals surface area contributed by atoms with Crippen LogP contribution in [-0.4, -0.2) is 22.9 Å². The number of benzene rings is 5. The molecule has 0 saturated heterocycles. The highest BCUT2D eigenvalue weighted by atomic mass is 16.5. The summed E-state index contributed by atoms with van der Waals surface area (Å²) >= 11 is 0. The van der Waals surface area contributed by atoms with Gasteiger partial charge in [0, 0.05) is 17.3 Å². The highest BCUT2D eigenvalue weighted by Crippen LogP contribution is 2.38. The van der Waals surface area contributed by atoms with Gasteiger partial charge >= 0.3 is 0 Å². The summed E-state index contributed by atoms with van der Waals surface area (Å²) in [5.41, 5.74) is 5.68. The molecule has 0 spiro atoms. The number of aldehydes is 1. The van der Waals surface area contributed by atoms with Gasteiger partial charge in [-0.15, -0.1) is 0 Å². The first kappa shape index (κ1) is 27.5. The minimum Gasteiger partial charge on any atom is -0.495 e. The fourth-order valence-corrected chi connectivity index (χ4v) is 4.90. The predicted molar refractivity (Wildman–Crippen MR) is 168 cm³/mol.